The second kappa shape index (κ2) is 7.09. The van der Waals surface area contributed by atoms with Gasteiger partial charge >= 0.3 is 0 Å². The fourth-order valence-corrected chi connectivity index (χ4v) is 4.70. The highest BCUT2D eigenvalue weighted by molar-refractivity contribution is 7.99. The maximum atomic E-state index is 12.2. The van der Waals surface area contributed by atoms with Crippen molar-refractivity contribution in [3.8, 4) is 0 Å². The minimum Gasteiger partial charge on any atom is -0.361 e. The molecule has 1 N–H and O–H groups in total. The van der Waals surface area contributed by atoms with E-state index in [1.54, 1.807) is 11.8 Å². The molecule has 1 amide bonds. The van der Waals surface area contributed by atoms with E-state index in [9.17, 15) is 4.79 Å². The third kappa shape index (κ3) is 3.32. The molecule has 4 rings (SSSR count). The van der Waals surface area contributed by atoms with Gasteiger partial charge < -0.3 is 9.84 Å². The van der Waals surface area contributed by atoms with Crippen LogP contribution in [0.15, 0.2) is 40.9 Å². The summed E-state index contributed by atoms with van der Waals surface area (Å²) in [5, 5.41) is 9.74. The zero-order valence-electron chi connectivity index (χ0n) is 14.4. The van der Waals surface area contributed by atoms with Crippen LogP contribution in [0.4, 0.5) is 5.13 Å². The molecule has 2 heterocycles. The molecule has 0 aliphatic rings. The van der Waals surface area contributed by atoms with E-state index in [0.717, 1.165) is 38.0 Å². The Kier molecular flexibility index (Phi) is 4.65. The van der Waals surface area contributed by atoms with Crippen LogP contribution in [0.1, 0.15) is 17.0 Å². The van der Waals surface area contributed by atoms with Gasteiger partial charge in [0, 0.05) is 16.7 Å². The summed E-state index contributed by atoms with van der Waals surface area (Å²) < 4.78 is 6.22. The van der Waals surface area contributed by atoms with Crippen molar-refractivity contribution < 1.29 is 9.32 Å². The van der Waals surface area contributed by atoms with E-state index < -0.39 is 0 Å². The lowest BCUT2D eigenvalue weighted by Gasteiger charge is -2.02. The molecule has 132 valence electrons. The van der Waals surface area contributed by atoms with Gasteiger partial charge in [-0.3, -0.25) is 4.79 Å². The minimum atomic E-state index is -0.0508. The first-order valence-corrected chi connectivity index (χ1v) is 10.2. The molecule has 0 spiro atoms. The minimum absolute atomic E-state index is 0.0508. The van der Waals surface area contributed by atoms with Gasteiger partial charge in [-0.1, -0.05) is 46.8 Å². The van der Waals surface area contributed by atoms with Gasteiger partial charge in [-0.05, 0) is 25.3 Å². The van der Waals surface area contributed by atoms with Crippen molar-refractivity contribution in [1.82, 2.24) is 10.1 Å². The third-order valence-corrected chi connectivity index (χ3v) is 6.09. The van der Waals surface area contributed by atoms with Crippen molar-refractivity contribution in [2.45, 2.75) is 19.6 Å². The molecule has 0 unspecified atom stereocenters. The average Bonchev–Trinajstić information content (AvgIpc) is 3.19. The lowest BCUT2D eigenvalue weighted by molar-refractivity contribution is -0.113. The Morgan fingerprint density at radius 3 is 2.88 bits per heavy atom. The highest BCUT2D eigenvalue weighted by Crippen LogP contribution is 2.31. The van der Waals surface area contributed by atoms with Crippen LogP contribution in [0, 0.1) is 13.8 Å². The number of benzene rings is 2. The van der Waals surface area contributed by atoms with Crippen molar-refractivity contribution in [3.63, 3.8) is 0 Å². The Morgan fingerprint density at radius 1 is 1.23 bits per heavy atom. The molecule has 0 saturated heterocycles. The van der Waals surface area contributed by atoms with E-state index in [1.165, 1.54) is 11.3 Å². The Balaban J connectivity index is 1.43. The van der Waals surface area contributed by atoms with Crippen LogP contribution in [0.3, 0.4) is 0 Å². The van der Waals surface area contributed by atoms with Crippen molar-refractivity contribution >= 4 is 55.1 Å². The molecular formula is C19H17N3O2S2. The van der Waals surface area contributed by atoms with E-state index in [1.807, 2.05) is 26.0 Å². The number of carbonyl (C=O) groups is 1. The number of aryl methyl sites for hydroxylation is 2. The molecule has 2 aromatic carbocycles. The number of fused-ring (bicyclic) bond motifs is 3. The molecule has 0 saturated carbocycles. The maximum Gasteiger partial charge on any atom is 0.236 e. The molecule has 26 heavy (non-hydrogen) atoms. The maximum absolute atomic E-state index is 12.2. The normalized spacial score (nSPS) is 11.3. The van der Waals surface area contributed by atoms with E-state index in [4.69, 9.17) is 4.52 Å². The highest BCUT2D eigenvalue weighted by Gasteiger charge is 2.12. The Labute approximate surface area is 158 Å². The van der Waals surface area contributed by atoms with Gasteiger partial charge in [-0.15, -0.1) is 11.8 Å². The molecule has 7 heteroatoms. The standard InChI is InChI=1S/C19H17N3O2S2/c1-11-15(12(2)24-22-11)9-25-10-17(23)20-19-21-18-14-6-4-3-5-13(14)7-8-16(18)26-19/h3-8H,9-10H2,1-2H3,(H,20,21,23). The van der Waals surface area contributed by atoms with Crippen molar-refractivity contribution in [2.75, 3.05) is 11.1 Å². The zero-order valence-corrected chi connectivity index (χ0v) is 16.0. The average molecular weight is 383 g/mol. The van der Waals surface area contributed by atoms with Gasteiger partial charge in [0.1, 0.15) is 5.76 Å². The Bertz CT molecular complexity index is 1080. The molecule has 2 aromatic heterocycles. The number of thiazole rings is 1. The molecule has 4 aromatic rings. The lowest BCUT2D eigenvalue weighted by atomic mass is 10.1. The van der Waals surface area contributed by atoms with Crippen molar-refractivity contribution in [3.05, 3.63) is 53.4 Å². The largest absolute Gasteiger partial charge is 0.361 e. The predicted octanol–water partition coefficient (Wildman–Crippen LogP) is 4.93. The summed E-state index contributed by atoms with van der Waals surface area (Å²) >= 11 is 3.04. The Morgan fingerprint density at radius 2 is 2.08 bits per heavy atom. The second-order valence-corrected chi connectivity index (χ2v) is 8.01. The second-order valence-electron chi connectivity index (χ2n) is 6.00. The molecule has 5 nitrogen and oxygen atoms in total. The first-order valence-electron chi connectivity index (χ1n) is 8.19. The quantitative estimate of drug-likeness (QED) is 0.529. The zero-order chi connectivity index (χ0) is 18.1. The van der Waals surface area contributed by atoms with Crippen molar-refractivity contribution in [2.24, 2.45) is 0 Å². The number of amides is 1. The third-order valence-electron chi connectivity index (χ3n) is 4.19. The summed E-state index contributed by atoms with van der Waals surface area (Å²) in [5.41, 5.74) is 2.88. The fraction of sp³-hybridized carbons (Fsp3) is 0.211. The number of nitrogens with one attached hydrogen (secondary N) is 1. The van der Waals surface area contributed by atoms with Crippen LogP contribution in [0.25, 0.3) is 21.0 Å². The van der Waals surface area contributed by atoms with Gasteiger partial charge in [-0.25, -0.2) is 4.98 Å². The molecule has 0 bridgehead atoms. The van der Waals surface area contributed by atoms with Crippen LogP contribution in [0.5, 0.6) is 0 Å². The summed E-state index contributed by atoms with van der Waals surface area (Å²) in [7, 11) is 0. The Hall–Kier alpha value is -2.38. The SMILES string of the molecule is Cc1noc(C)c1CSCC(=O)Nc1nc2c(ccc3ccccc32)s1. The molecule has 0 aliphatic carbocycles. The van der Waals surface area contributed by atoms with E-state index in [0.29, 0.717) is 16.6 Å². The van der Waals surface area contributed by atoms with Crippen LogP contribution < -0.4 is 5.32 Å². The molecule has 0 radical (unpaired) electrons. The van der Waals surface area contributed by atoms with Gasteiger partial charge in [0.25, 0.3) is 0 Å². The van der Waals surface area contributed by atoms with Gasteiger partial charge in [0.15, 0.2) is 5.13 Å². The molecular weight excluding hydrogens is 366 g/mol. The van der Waals surface area contributed by atoms with Crippen molar-refractivity contribution in [1.29, 1.82) is 0 Å². The first kappa shape index (κ1) is 17.1. The highest BCUT2D eigenvalue weighted by atomic mass is 32.2. The summed E-state index contributed by atoms with van der Waals surface area (Å²) in [6, 6.07) is 12.3. The van der Waals surface area contributed by atoms with E-state index >= 15 is 0 Å². The number of nitrogens with zero attached hydrogens (tertiary/aromatic N) is 2. The topological polar surface area (TPSA) is 68.0 Å². The van der Waals surface area contributed by atoms with Crippen LogP contribution in [0.2, 0.25) is 0 Å². The number of hydrogen-bond acceptors (Lipinski definition) is 6. The number of hydrogen-bond donors (Lipinski definition) is 1. The lowest BCUT2D eigenvalue weighted by Crippen LogP contribution is -2.14. The van der Waals surface area contributed by atoms with E-state index in [2.05, 4.69) is 39.7 Å². The van der Waals surface area contributed by atoms with Gasteiger partial charge in [0.2, 0.25) is 5.91 Å². The van der Waals surface area contributed by atoms with Gasteiger partial charge in [-0.2, -0.15) is 0 Å². The fourth-order valence-electron chi connectivity index (χ4n) is 2.82. The van der Waals surface area contributed by atoms with Crippen LogP contribution in [-0.2, 0) is 10.5 Å². The number of thioether (sulfide) groups is 1. The monoisotopic (exact) mass is 383 g/mol. The smallest absolute Gasteiger partial charge is 0.236 e. The molecule has 0 fully saturated rings. The summed E-state index contributed by atoms with van der Waals surface area (Å²) in [6.45, 7) is 3.80. The van der Waals surface area contributed by atoms with Crippen LogP contribution in [-0.4, -0.2) is 21.8 Å². The predicted molar refractivity (Wildman–Crippen MR) is 108 cm³/mol. The number of aromatic nitrogens is 2. The molecule has 0 atom stereocenters. The molecule has 0 aliphatic heterocycles. The van der Waals surface area contributed by atoms with Gasteiger partial charge in [0.05, 0.1) is 21.7 Å². The summed E-state index contributed by atoms with van der Waals surface area (Å²) in [5.74, 6) is 1.83. The summed E-state index contributed by atoms with van der Waals surface area (Å²) in [6.07, 6.45) is 0. The summed E-state index contributed by atoms with van der Waals surface area (Å²) in [4.78, 5) is 16.9. The first-order chi connectivity index (χ1) is 12.6. The number of carbonyl (C=O) groups excluding carboxylic acids is 1. The number of anilines is 1. The number of rotatable bonds is 5. The van der Waals surface area contributed by atoms with Crippen LogP contribution >= 0.6 is 23.1 Å². The van der Waals surface area contributed by atoms with E-state index in [-0.39, 0.29) is 5.91 Å².